The van der Waals surface area contributed by atoms with Gasteiger partial charge in [0.25, 0.3) is 5.91 Å². The van der Waals surface area contributed by atoms with Crippen molar-refractivity contribution in [2.45, 2.75) is 31.2 Å². The molecule has 3 rings (SSSR count). The fourth-order valence-corrected chi connectivity index (χ4v) is 3.00. The zero-order valence-corrected chi connectivity index (χ0v) is 14.5. The minimum atomic E-state index is -0.732. The fourth-order valence-electron chi connectivity index (χ4n) is 2.73. The Morgan fingerprint density at radius 3 is 2.50 bits per heavy atom. The minimum Gasteiger partial charge on any atom is -0.439 e. The van der Waals surface area contributed by atoms with Crippen molar-refractivity contribution in [1.82, 2.24) is 10.3 Å². The number of carbonyl (C=O) groups excluding carboxylic acids is 1. The van der Waals surface area contributed by atoms with E-state index < -0.39 is 5.54 Å². The molecule has 1 fully saturated rings. The predicted molar refractivity (Wildman–Crippen MR) is 92.7 cm³/mol. The fraction of sp³-hybridized carbons (Fsp3) is 0.278. The number of ether oxygens (including phenoxy) is 1. The first-order valence-corrected chi connectivity index (χ1v) is 8.53. The molecule has 6 heteroatoms. The number of hydrogen-bond acceptors (Lipinski definition) is 4. The van der Waals surface area contributed by atoms with E-state index >= 15 is 0 Å². The van der Waals surface area contributed by atoms with Crippen LogP contribution in [0.25, 0.3) is 0 Å². The Kier molecular flexibility index (Phi) is 4.81. The predicted octanol–water partition coefficient (Wildman–Crippen LogP) is 4.20. The molecule has 0 atom stereocenters. The van der Waals surface area contributed by atoms with E-state index in [9.17, 15) is 10.1 Å². The highest BCUT2D eigenvalue weighted by atomic mass is 79.9. The van der Waals surface area contributed by atoms with Crippen LogP contribution in [0.15, 0.2) is 47.1 Å². The Labute approximate surface area is 148 Å². The number of carbonyl (C=O) groups is 1. The second-order valence-electron chi connectivity index (χ2n) is 5.80. The Hall–Kier alpha value is -2.39. The van der Waals surface area contributed by atoms with E-state index in [4.69, 9.17) is 4.74 Å². The first-order chi connectivity index (χ1) is 11.6. The van der Waals surface area contributed by atoms with Gasteiger partial charge in [0.05, 0.1) is 11.6 Å². The molecule has 0 radical (unpaired) electrons. The number of halogens is 1. The molecule has 24 heavy (non-hydrogen) atoms. The van der Waals surface area contributed by atoms with Crippen molar-refractivity contribution in [2.24, 2.45) is 0 Å². The minimum absolute atomic E-state index is 0.277. The molecule has 1 amide bonds. The first-order valence-electron chi connectivity index (χ1n) is 7.73. The third-order valence-electron chi connectivity index (χ3n) is 4.06. The Bertz CT molecular complexity index is 760. The molecule has 0 aliphatic heterocycles. The molecule has 0 unspecified atom stereocenters. The Morgan fingerprint density at radius 2 is 1.92 bits per heavy atom. The van der Waals surface area contributed by atoms with E-state index in [1.165, 1.54) is 6.20 Å². The van der Waals surface area contributed by atoms with Crippen molar-refractivity contribution in [3.63, 3.8) is 0 Å². The van der Waals surface area contributed by atoms with Crippen molar-refractivity contribution < 1.29 is 9.53 Å². The number of rotatable bonds is 4. The number of amides is 1. The van der Waals surface area contributed by atoms with Gasteiger partial charge in [-0.1, -0.05) is 15.9 Å². The van der Waals surface area contributed by atoms with Gasteiger partial charge in [0.2, 0.25) is 5.88 Å². The molecule has 1 aliphatic rings. The summed E-state index contributed by atoms with van der Waals surface area (Å²) in [6, 6.07) is 12.9. The van der Waals surface area contributed by atoms with Gasteiger partial charge in [-0.05, 0) is 56.0 Å². The lowest BCUT2D eigenvalue weighted by Crippen LogP contribution is -2.45. The normalized spacial score (nSPS) is 15.5. The highest BCUT2D eigenvalue weighted by Crippen LogP contribution is 2.29. The van der Waals surface area contributed by atoms with Gasteiger partial charge in [-0.3, -0.25) is 4.79 Å². The Morgan fingerprint density at radius 1 is 1.21 bits per heavy atom. The van der Waals surface area contributed by atoms with Crippen LogP contribution >= 0.6 is 15.9 Å². The molecule has 1 aromatic carbocycles. The van der Waals surface area contributed by atoms with Gasteiger partial charge in [-0.2, -0.15) is 5.26 Å². The molecule has 2 aromatic rings. The van der Waals surface area contributed by atoms with Crippen molar-refractivity contribution in [3.05, 3.63) is 52.6 Å². The zero-order chi connectivity index (χ0) is 17.0. The SMILES string of the molecule is N#CC1(NC(=O)c2ccc(Oc3ccc(Br)cc3)nc2)CCCC1. The quantitative estimate of drug-likeness (QED) is 0.855. The van der Waals surface area contributed by atoms with Crippen molar-refractivity contribution in [2.75, 3.05) is 0 Å². The second kappa shape index (κ2) is 7.02. The van der Waals surface area contributed by atoms with Crippen molar-refractivity contribution >= 4 is 21.8 Å². The van der Waals surface area contributed by atoms with Crippen LogP contribution < -0.4 is 10.1 Å². The average Bonchev–Trinajstić information content (AvgIpc) is 3.06. The molecular weight excluding hydrogens is 370 g/mol. The average molecular weight is 386 g/mol. The molecular formula is C18H16BrN3O2. The Balaban J connectivity index is 1.66. The van der Waals surface area contributed by atoms with E-state index in [0.717, 1.165) is 17.3 Å². The van der Waals surface area contributed by atoms with Crippen molar-refractivity contribution in [3.8, 4) is 17.7 Å². The largest absolute Gasteiger partial charge is 0.439 e. The maximum Gasteiger partial charge on any atom is 0.254 e. The van der Waals surface area contributed by atoms with Gasteiger partial charge in [-0.25, -0.2) is 4.98 Å². The number of hydrogen-bond donors (Lipinski definition) is 1. The van der Waals surface area contributed by atoms with E-state index in [-0.39, 0.29) is 5.91 Å². The second-order valence-corrected chi connectivity index (χ2v) is 6.71. The lowest BCUT2D eigenvalue weighted by atomic mass is 9.99. The summed E-state index contributed by atoms with van der Waals surface area (Å²) in [6.07, 6.45) is 4.79. The molecule has 1 aliphatic carbocycles. The molecule has 1 saturated carbocycles. The number of nitrogens with zero attached hydrogens (tertiary/aromatic N) is 2. The molecule has 122 valence electrons. The topological polar surface area (TPSA) is 75.0 Å². The summed E-state index contributed by atoms with van der Waals surface area (Å²) in [5.74, 6) is 0.795. The van der Waals surface area contributed by atoms with Crippen LogP contribution in [0.3, 0.4) is 0 Å². The van der Waals surface area contributed by atoms with Gasteiger partial charge in [0.15, 0.2) is 0 Å². The highest BCUT2D eigenvalue weighted by molar-refractivity contribution is 9.10. The zero-order valence-electron chi connectivity index (χ0n) is 13.0. The number of aromatic nitrogens is 1. The van der Waals surface area contributed by atoms with Crippen LogP contribution in [0.2, 0.25) is 0 Å². The molecule has 1 aromatic heterocycles. The maximum absolute atomic E-state index is 12.3. The summed E-state index contributed by atoms with van der Waals surface area (Å²) in [4.78, 5) is 16.5. The third-order valence-corrected chi connectivity index (χ3v) is 4.59. The molecule has 0 saturated heterocycles. The number of benzene rings is 1. The summed E-state index contributed by atoms with van der Waals surface area (Å²) in [6.45, 7) is 0. The van der Waals surface area contributed by atoms with Gasteiger partial charge in [0.1, 0.15) is 11.3 Å². The molecule has 0 spiro atoms. The lowest BCUT2D eigenvalue weighted by molar-refractivity contribution is 0.0920. The van der Waals surface area contributed by atoms with Gasteiger partial charge >= 0.3 is 0 Å². The smallest absolute Gasteiger partial charge is 0.254 e. The summed E-state index contributed by atoms with van der Waals surface area (Å²) in [5, 5.41) is 12.2. The van der Waals surface area contributed by atoms with Crippen LogP contribution in [0.5, 0.6) is 11.6 Å². The van der Waals surface area contributed by atoms with E-state index in [2.05, 4.69) is 32.3 Å². The van der Waals surface area contributed by atoms with Crippen molar-refractivity contribution in [1.29, 1.82) is 5.26 Å². The van der Waals surface area contributed by atoms with E-state index in [1.54, 1.807) is 12.1 Å². The third kappa shape index (κ3) is 3.74. The monoisotopic (exact) mass is 385 g/mol. The van der Waals surface area contributed by atoms with Crippen LogP contribution in [-0.2, 0) is 0 Å². The number of nitriles is 1. The van der Waals surface area contributed by atoms with E-state index in [0.29, 0.717) is 30.0 Å². The van der Waals surface area contributed by atoms with Crippen LogP contribution in [0, 0.1) is 11.3 Å². The van der Waals surface area contributed by atoms with Crippen LogP contribution in [0.1, 0.15) is 36.0 Å². The summed E-state index contributed by atoms with van der Waals surface area (Å²) < 4.78 is 6.59. The standard InChI is InChI=1S/C18H16BrN3O2/c19-14-4-6-15(7-5-14)24-16-8-3-13(11-21-16)17(23)22-18(12-20)9-1-2-10-18/h3-8,11H,1-2,9-10H2,(H,22,23). The summed E-state index contributed by atoms with van der Waals surface area (Å²) in [5.41, 5.74) is -0.316. The van der Waals surface area contributed by atoms with Gasteiger partial charge < -0.3 is 10.1 Å². The first kappa shape index (κ1) is 16.5. The molecule has 1 heterocycles. The summed E-state index contributed by atoms with van der Waals surface area (Å²) in [7, 11) is 0. The molecule has 5 nitrogen and oxygen atoms in total. The van der Waals surface area contributed by atoms with Gasteiger partial charge in [0, 0.05) is 16.7 Å². The van der Waals surface area contributed by atoms with Crippen LogP contribution in [-0.4, -0.2) is 16.4 Å². The van der Waals surface area contributed by atoms with Gasteiger partial charge in [-0.15, -0.1) is 0 Å². The number of pyridine rings is 1. The summed E-state index contributed by atoms with van der Waals surface area (Å²) >= 11 is 3.36. The lowest BCUT2D eigenvalue weighted by Gasteiger charge is -2.21. The number of nitrogens with one attached hydrogen (secondary N) is 1. The molecule has 1 N–H and O–H groups in total. The van der Waals surface area contributed by atoms with E-state index in [1.807, 2.05) is 24.3 Å². The van der Waals surface area contributed by atoms with Crippen LogP contribution in [0.4, 0.5) is 0 Å². The maximum atomic E-state index is 12.3. The highest BCUT2D eigenvalue weighted by Gasteiger charge is 2.35. The molecule has 0 bridgehead atoms.